The molecule has 1 N–H and O–H groups in total. The molecule has 0 bridgehead atoms. The van der Waals surface area contributed by atoms with Gasteiger partial charge in [0.05, 0.1) is 0 Å². The molecule has 0 saturated carbocycles. The van der Waals surface area contributed by atoms with Crippen molar-refractivity contribution >= 4 is 11.0 Å². The van der Waals surface area contributed by atoms with Crippen molar-refractivity contribution in [3.05, 3.63) is 47.5 Å². The zero-order valence-electron chi connectivity index (χ0n) is 16.6. The first-order valence-corrected chi connectivity index (χ1v) is 10.4. The molecule has 3 aromatic rings. The molecule has 0 atom stereocenters. The van der Waals surface area contributed by atoms with E-state index in [1.165, 1.54) is 44.1 Å². The number of phenols is 1. The second-order valence-corrected chi connectivity index (χ2v) is 7.33. The van der Waals surface area contributed by atoms with Crippen LogP contribution in [0.3, 0.4) is 0 Å². The molecular weight excluding hydrogens is 334 g/mol. The lowest BCUT2D eigenvalue weighted by molar-refractivity contribution is 0.458. The Hall–Kier alpha value is -2.36. The number of hydrogen-bond donors (Lipinski definition) is 1. The molecule has 0 fully saturated rings. The molecule has 0 amide bonds. The summed E-state index contributed by atoms with van der Waals surface area (Å²) in [4.78, 5) is 1.58. The standard InChI is InChI=1S/C23H31N3O/c1-3-5-6-7-8-9-10-13-19-16-18(4-2)17-22(23(19)27)26-24-20-14-11-12-15-21(20)25-26/h11-12,14-17,27H,3-10,13H2,1-2H3. The second-order valence-electron chi connectivity index (χ2n) is 7.33. The molecule has 0 radical (unpaired) electrons. The van der Waals surface area contributed by atoms with Crippen molar-refractivity contribution in [1.82, 2.24) is 15.0 Å². The maximum Gasteiger partial charge on any atom is 0.146 e. The predicted molar refractivity (Wildman–Crippen MR) is 112 cm³/mol. The van der Waals surface area contributed by atoms with Gasteiger partial charge in [-0.1, -0.05) is 70.6 Å². The van der Waals surface area contributed by atoms with Crippen LogP contribution in [0.5, 0.6) is 5.75 Å². The summed E-state index contributed by atoms with van der Waals surface area (Å²) in [5.41, 5.74) is 4.59. The van der Waals surface area contributed by atoms with Gasteiger partial charge in [0.15, 0.2) is 0 Å². The summed E-state index contributed by atoms with van der Waals surface area (Å²) >= 11 is 0. The van der Waals surface area contributed by atoms with Crippen LogP contribution in [0.1, 0.15) is 69.9 Å². The molecule has 1 heterocycles. The van der Waals surface area contributed by atoms with E-state index in [1.807, 2.05) is 30.3 Å². The minimum atomic E-state index is 0.318. The fourth-order valence-electron chi connectivity index (χ4n) is 3.53. The lowest BCUT2D eigenvalue weighted by Gasteiger charge is -2.12. The van der Waals surface area contributed by atoms with Crippen LogP contribution in [0.2, 0.25) is 0 Å². The Bertz CT molecular complexity index is 836. The largest absolute Gasteiger partial charge is 0.505 e. The monoisotopic (exact) mass is 365 g/mol. The molecule has 2 aromatic carbocycles. The quantitative estimate of drug-likeness (QED) is 0.450. The van der Waals surface area contributed by atoms with E-state index in [4.69, 9.17) is 0 Å². The Morgan fingerprint density at radius 2 is 1.48 bits per heavy atom. The summed E-state index contributed by atoms with van der Waals surface area (Å²) in [5, 5.41) is 19.9. The zero-order valence-corrected chi connectivity index (χ0v) is 16.6. The van der Waals surface area contributed by atoms with Gasteiger partial charge in [-0.25, -0.2) is 0 Å². The van der Waals surface area contributed by atoms with Gasteiger partial charge in [0, 0.05) is 0 Å². The maximum atomic E-state index is 10.9. The highest BCUT2D eigenvalue weighted by molar-refractivity contribution is 5.73. The summed E-state index contributed by atoms with van der Waals surface area (Å²) < 4.78 is 0. The molecule has 0 aliphatic carbocycles. The average Bonchev–Trinajstić information content (AvgIpc) is 3.12. The van der Waals surface area contributed by atoms with Crippen molar-refractivity contribution < 1.29 is 5.11 Å². The van der Waals surface area contributed by atoms with Gasteiger partial charge in [-0.2, -0.15) is 0 Å². The van der Waals surface area contributed by atoms with Crippen LogP contribution in [-0.2, 0) is 12.8 Å². The number of benzene rings is 2. The third-order valence-corrected chi connectivity index (χ3v) is 5.19. The summed E-state index contributed by atoms with van der Waals surface area (Å²) in [6.07, 6.45) is 10.7. The lowest BCUT2D eigenvalue weighted by atomic mass is 10.00. The molecule has 144 valence electrons. The number of nitrogens with zero attached hydrogens (tertiary/aromatic N) is 3. The highest BCUT2D eigenvalue weighted by Crippen LogP contribution is 2.30. The third kappa shape index (κ3) is 4.88. The number of aromatic hydroxyl groups is 1. The first-order valence-electron chi connectivity index (χ1n) is 10.4. The van der Waals surface area contributed by atoms with E-state index in [2.05, 4.69) is 30.1 Å². The number of fused-ring (bicyclic) bond motifs is 1. The van der Waals surface area contributed by atoms with Gasteiger partial charge in [-0.3, -0.25) is 0 Å². The molecule has 0 saturated heterocycles. The Morgan fingerprint density at radius 3 is 2.11 bits per heavy atom. The number of aryl methyl sites for hydroxylation is 2. The summed E-state index contributed by atoms with van der Waals surface area (Å²) in [6, 6.07) is 11.9. The Kier molecular flexibility index (Phi) is 6.86. The number of hydrogen-bond acceptors (Lipinski definition) is 3. The number of phenolic OH excluding ortho intramolecular Hbond substituents is 1. The van der Waals surface area contributed by atoms with Gasteiger partial charge in [0.1, 0.15) is 22.5 Å². The number of aromatic nitrogens is 3. The van der Waals surface area contributed by atoms with Gasteiger partial charge in [-0.15, -0.1) is 15.0 Å². The van der Waals surface area contributed by atoms with Crippen molar-refractivity contribution in [1.29, 1.82) is 0 Å². The molecule has 0 spiro atoms. The fraction of sp³-hybridized carbons (Fsp3) is 0.478. The average molecular weight is 366 g/mol. The molecule has 1 aromatic heterocycles. The Labute approximate surface area is 162 Å². The van der Waals surface area contributed by atoms with Gasteiger partial charge in [0.2, 0.25) is 0 Å². The molecule has 3 rings (SSSR count). The molecule has 0 unspecified atom stereocenters. The van der Waals surface area contributed by atoms with E-state index < -0.39 is 0 Å². The summed E-state index contributed by atoms with van der Waals surface area (Å²) in [6.45, 7) is 4.39. The van der Waals surface area contributed by atoms with Crippen molar-refractivity contribution in [3.8, 4) is 11.4 Å². The van der Waals surface area contributed by atoms with E-state index in [-0.39, 0.29) is 0 Å². The van der Waals surface area contributed by atoms with E-state index >= 15 is 0 Å². The van der Waals surface area contributed by atoms with Crippen LogP contribution in [0.15, 0.2) is 36.4 Å². The number of rotatable bonds is 10. The van der Waals surface area contributed by atoms with Crippen LogP contribution in [0, 0.1) is 0 Å². The van der Waals surface area contributed by atoms with E-state index in [9.17, 15) is 5.11 Å². The lowest BCUT2D eigenvalue weighted by Crippen LogP contribution is -2.03. The zero-order chi connectivity index (χ0) is 19.1. The molecule has 27 heavy (non-hydrogen) atoms. The topological polar surface area (TPSA) is 50.9 Å². The molecule has 4 heteroatoms. The van der Waals surface area contributed by atoms with Crippen LogP contribution in [-0.4, -0.2) is 20.1 Å². The van der Waals surface area contributed by atoms with Gasteiger partial charge in [-0.05, 0) is 48.6 Å². The summed E-state index contributed by atoms with van der Waals surface area (Å²) in [7, 11) is 0. The van der Waals surface area contributed by atoms with Crippen LogP contribution in [0.25, 0.3) is 16.7 Å². The van der Waals surface area contributed by atoms with Gasteiger partial charge < -0.3 is 5.11 Å². The van der Waals surface area contributed by atoms with Crippen LogP contribution in [0.4, 0.5) is 0 Å². The second kappa shape index (κ2) is 9.54. The van der Waals surface area contributed by atoms with E-state index in [1.54, 1.807) is 4.80 Å². The van der Waals surface area contributed by atoms with E-state index in [0.29, 0.717) is 11.4 Å². The Morgan fingerprint density at radius 1 is 0.852 bits per heavy atom. The minimum Gasteiger partial charge on any atom is -0.505 e. The third-order valence-electron chi connectivity index (χ3n) is 5.19. The van der Waals surface area contributed by atoms with Crippen LogP contribution >= 0.6 is 0 Å². The first kappa shape index (κ1) is 19.4. The SMILES string of the molecule is CCCCCCCCCc1cc(CC)cc(-n2nc3ccccc3n2)c1O. The molecule has 0 aliphatic heterocycles. The van der Waals surface area contributed by atoms with Crippen molar-refractivity contribution in [2.45, 2.75) is 71.6 Å². The molecule has 0 aliphatic rings. The number of unbranched alkanes of at least 4 members (excludes halogenated alkanes) is 6. The highest BCUT2D eigenvalue weighted by atomic mass is 16.3. The maximum absolute atomic E-state index is 10.9. The first-order chi connectivity index (χ1) is 13.2. The van der Waals surface area contributed by atoms with Crippen molar-refractivity contribution in [2.75, 3.05) is 0 Å². The smallest absolute Gasteiger partial charge is 0.146 e. The van der Waals surface area contributed by atoms with E-state index in [0.717, 1.165) is 35.9 Å². The van der Waals surface area contributed by atoms with Crippen molar-refractivity contribution in [2.24, 2.45) is 0 Å². The minimum absolute atomic E-state index is 0.318. The van der Waals surface area contributed by atoms with Crippen molar-refractivity contribution in [3.63, 3.8) is 0 Å². The van der Waals surface area contributed by atoms with Gasteiger partial charge in [0.25, 0.3) is 0 Å². The molecule has 4 nitrogen and oxygen atoms in total. The van der Waals surface area contributed by atoms with Crippen LogP contribution < -0.4 is 0 Å². The fourth-order valence-corrected chi connectivity index (χ4v) is 3.53. The Balaban J connectivity index is 1.74. The predicted octanol–water partition coefficient (Wildman–Crippen LogP) is 5.98. The highest BCUT2D eigenvalue weighted by Gasteiger charge is 2.14. The summed E-state index contributed by atoms with van der Waals surface area (Å²) in [5.74, 6) is 0.318. The normalized spacial score (nSPS) is 11.3. The van der Waals surface area contributed by atoms with Gasteiger partial charge >= 0.3 is 0 Å². The molecular formula is C23H31N3O.